The van der Waals surface area contributed by atoms with E-state index in [9.17, 15) is 4.79 Å². The molecule has 0 radical (unpaired) electrons. The van der Waals surface area contributed by atoms with Crippen LogP contribution in [0.3, 0.4) is 0 Å². The summed E-state index contributed by atoms with van der Waals surface area (Å²) in [5.74, 6) is 0.754. The van der Waals surface area contributed by atoms with Crippen molar-refractivity contribution in [2.24, 2.45) is 11.7 Å². The second kappa shape index (κ2) is 11.1. The lowest BCUT2D eigenvalue weighted by Gasteiger charge is -2.29. The van der Waals surface area contributed by atoms with E-state index in [1.165, 1.54) is 32.1 Å². The van der Waals surface area contributed by atoms with E-state index in [4.69, 9.17) is 10.5 Å². The van der Waals surface area contributed by atoms with Crippen LogP contribution in [-0.2, 0) is 4.74 Å². The van der Waals surface area contributed by atoms with Crippen LogP contribution in [0, 0.1) is 5.92 Å². The molecule has 1 unspecified atom stereocenters. The van der Waals surface area contributed by atoms with Gasteiger partial charge in [-0.3, -0.25) is 0 Å². The van der Waals surface area contributed by atoms with Gasteiger partial charge in [-0.25, -0.2) is 4.79 Å². The Balaban J connectivity index is 2.42. The fourth-order valence-electron chi connectivity index (χ4n) is 3.35. The fraction of sp³-hybridized carbons (Fsp3) is 0.947. The minimum Gasteiger partial charge on any atom is -0.450 e. The van der Waals surface area contributed by atoms with E-state index >= 15 is 0 Å². The fourth-order valence-corrected chi connectivity index (χ4v) is 4.06. The summed E-state index contributed by atoms with van der Waals surface area (Å²) < 4.78 is 5.53. The highest BCUT2D eigenvalue weighted by Gasteiger charge is 2.22. The molecule has 0 aromatic rings. The molecule has 0 aromatic heterocycles. The summed E-state index contributed by atoms with van der Waals surface area (Å²) in [6.07, 6.45) is 9.65. The highest BCUT2D eigenvalue weighted by Crippen LogP contribution is 2.27. The van der Waals surface area contributed by atoms with Gasteiger partial charge in [0, 0.05) is 27.2 Å². The molecule has 1 aliphatic carbocycles. The predicted molar refractivity (Wildman–Crippen MR) is 105 cm³/mol. The Kier molecular flexibility index (Phi) is 9.97. The van der Waals surface area contributed by atoms with Crippen LogP contribution >= 0.6 is 0 Å². The van der Waals surface area contributed by atoms with Crippen LogP contribution in [-0.4, -0.2) is 44.8 Å². The number of unbranched alkanes of at least 4 members (excludes halogenated alkanes) is 1. The predicted octanol–water partition coefficient (Wildman–Crippen LogP) is 4.86. The molecule has 1 atom stereocenters. The molecule has 0 spiro atoms. The van der Waals surface area contributed by atoms with Crippen LogP contribution in [0.25, 0.3) is 0 Å². The van der Waals surface area contributed by atoms with Gasteiger partial charge in [-0.2, -0.15) is 0 Å². The molecule has 1 saturated carbocycles. The van der Waals surface area contributed by atoms with Crippen molar-refractivity contribution in [2.75, 3.05) is 19.7 Å². The summed E-state index contributed by atoms with van der Waals surface area (Å²) in [5.41, 5.74) is 6.37. The summed E-state index contributed by atoms with van der Waals surface area (Å²) >= 11 is 0. The topological polar surface area (TPSA) is 55.6 Å². The number of nitrogens with two attached hydrogens (primary N) is 1. The number of hydrogen-bond donors (Lipinski definition) is 1. The molecule has 1 rings (SSSR count). The molecule has 1 amide bonds. The summed E-state index contributed by atoms with van der Waals surface area (Å²) in [5, 5.41) is 0. The van der Waals surface area contributed by atoms with Crippen LogP contribution < -0.4 is 5.73 Å². The minimum absolute atomic E-state index is 0.0782. The maximum absolute atomic E-state index is 12.4. The molecule has 1 fully saturated rings. The summed E-state index contributed by atoms with van der Waals surface area (Å²) in [6, 6.07) is 1.10. The first-order valence-electron chi connectivity index (χ1n) is 9.99. The highest BCUT2D eigenvalue weighted by atomic mass is 28.3. The number of hydrogen-bond acceptors (Lipinski definition) is 3. The smallest absolute Gasteiger partial charge is 0.409 e. The average molecular weight is 357 g/mol. The first-order chi connectivity index (χ1) is 11.3. The molecule has 1 aliphatic rings. The van der Waals surface area contributed by atoms with Crippen LogP contribution in [0.1, 0.15) is 58.3 Å². The van der Waals surface area contributed by atoms with Crippen molar-refractivity contribution in [1.29, 1.82) is 0 Å². The van der Waals surface area contributed by atoms with Crippen molar-refractivity contribution in [3.63, 3.8) is 0 Å². The van der Waals surface area contributed by atoms with Crippen molar-refractivity contribution in [1.82, 2.24) is 4.90 Å². The van der Waals surface area contributed by atoms with E-state index in [0.29, 0.717) is 13.2 Å². The van der Waals surface area contributed by atoms with Crippen molar-refractivity contribution in [2.45, 2.75) is 90.0 Å². The second-order valence-corrected chi connectivity index (χ2v) is 14.3. The first-order valence-corrected chi connectivity index (χ1v) is 13.7. The quantitative estimate of drug-likeness (QED) is 0.569. The summed E-state index contributed by atoms with van der Waals surface area (Å²) in [7, 11) is -1.17. The number of ether oxygens (including phenoxy) is 1. The number of nitrogens with zero attached hydrogens (tertiary/aromatic N) is 1. The summed E-state index contributed by atoms with van der Waals surface area (Å²) in [4.78, 5) is 14.3. The average Bonchev–Trinajstić information content (AvgIpc) is 2.51. The molecule has 0 saturated heterocycles. The Hall–Kier alpha value is -0.553. The molecule has 0 heterocycles. The first kappa shape index (κ1) is 21.5. The molecule has 0 aliphatic heterocycles. The lowest BCUT2D eigenvalue weighted by Crippen LogP contribution is -2.43. The van der Waals surface area contributed by atoms with E-state index in [1.807, 2.05) is 4.90 Å². The van der Waals surface area contributed by atoms with Gasteiger partial charge < -0.3 is 15.4 Å². The van der Waals surface area contributed by atoms with Crippen LogP contribution in [0.2, 0.25) is 25.7 Å². The molecule has 0 aromatic carbocycles. The van der Waals surface area contributed by atoms with Gasteiger partial charge in [0.2, 0.25) is 0 Å². The SMILES string of the molecule is CCCCN(CC(N)CC1CCCCC1)C(=O)OCC[Si](C)(C)C. The van der Waals surface area contributed by atoms with Gasteiger partial charge in [0.05, 0.1) is 6.61 Å². The molecule has 0 bridgehead atoms. The van der Waals surface area contributed by atoms with Crippen molar-refractivity contribution in [3.8, 4) is 0 Å². The zero-order chi connectivity index (χ0) is 18.0. The number of rotatable bonds is 10. The Bertz CT molecular complexity index is 352. The summed E-state index contributed by atoms with van der Waals surface area (Å²) in [6.45, 7) is 11.0. The third kappa shape index (κ3) is 9.67. The van der Waals surface area contributed by atoms with Gasteiger partial charge in [0.1, 0.15) is 0 Å². The Morgan fingerprint density at radius 2 is 1.92 bits per heavy atom. The maximum atomic E-state index is 12.4. The third-order valence-corrected chi connectivity index (χ3v) is 6.64. The van der Waals surface area contributed by atoms with Crippen LogP contribution in [0.4, 0.5) is 4.79 Å². The van der Waals surface area contributed by atoms with Crippen molar-refractivity contribution < 1.29 is 9.53 Å². The van der Waals surface area contributed by atoms with E-state index in [2.05, 4.69) is 26.6 Å². The molecule has 24 heavy (non-hydrogen) atoms. The lowest BCUT2D eigenvalue weighted by atomic mass is 9.85. The van der Waals surface area contributed by atoms with Crippen molar-refractivity contribution in [3.05, 3.63) is 0 Å². The lowest BCUT2D eigenvalue weighted by molar-refractivity contribution is 0.102. The third-order valence-electron chi connectivity index (χ3n) is 4.93. The Labute approximate surface area is 150 Å². The molecular formula is C19H40N2O2Si. The maximum Gasteiger partial charge on any atom is 0.409 e. The second-order valence-electron chi connectivity index (χ2n) is 8.72. The van der Waals surface area contributed by atoms with E-state index in [0.717, 1.165) is 37.8 Å². The van der Waals surface area contributed by atoms with E-state index in [-0.39, 0.29) is 12.1 Å². The van der Waals surface area contributed by atoms with Gasteiger partial charge in [0.15, 0.2) is 0 Å². The number of carbonyl (C=O) groups is 1. The molecule has 142 valence electrons. The number of carbonyl (C=O) groups excluding carboxylic acids is 1. The largest absolute Gasteiger partial charge is 0.450 e. The van der Waals surface area contributed by atoms with Gasteiger partial charge in [-0.1, -0.05) is 65.1 Å². The standard InChI is InChI=1S/C19H40N2O2Si/c1-5-6-12-21(19(22)23-13-14-24(2,3)4)16-18(20)15-17-10-8-7-9-11-17/h17-18H,5-16,20H2,1-4H3. The van der Waals surface area contributed by atoms with E-state index in [1.54, 1.807) is 0 Å². The Morgan fingerprint density at radius 3 is 2.50 bits per heavy atom. The molecule has 4 nitrogen and oxygen atoms in total. The molecular weight excluding hydrogens is 316 g/mol. The van der Waals surface area contributed by atoms with Gasteiger partial charge in [0.25, 0.3) is 0 Å². The molecule has 2 N–H and O–H groups in total. The zero-order valence-corrected chi connectivity index (χ0v) is 17.5. The minimum atomic E-state index is -1.17. The van der Waals surface area contributed by atoms with Crippen molar-refractivity contribution >= 4 is 14.2 Å². The van der Waals surface area contributed by atoms with Gasteiger partial charge >= 0.3 is 6.09 Å². The Morgan fingerprint density at radius 1 is 1.25 bits per heavy atom. The van der Waals surface area contributed by atoms with Gasteiger partial charge in [-0.15, -0.1) is 0 Å². The molecule has 5 heteroatoms. The van der Waals surface area contributed by atoms with E-state index < -0.39 is 8.07 Å². The van der Waals surface area contributed by atoms with Gasteiger partial charge in [-0.05, 0) is 24.8 Å². The van der Waals surface area contributed by atoms with Crippen LogP contribution in [0.5, 0.6) is 0 Å². The normalized spacial score (nSPS) is 17.5. The van der Waals surface area contributed by atoms with Crippen LogP contribution in [0.15, 0.2) is 0 Å². The zero-order valence-electron chi connectivity index (χ0n) is 16.5. The number of amides is 1. The highest BCUT2D eigenvalue weighted by molar-refractivity contribution is 6.76. The monoisotopic (exact) mass is 356 g/mol.